The molecule has 0 saturated carbocycles. The van der Waals surface area contributed by atoms with Crippen molar-refractivity contribution in [1.82, 2.24) is 0 Å². The van der Waals surface area contributed by atoms with Crippen LogP contribution in [0.2, 0.25) is 0 Å². The van der Waals surface area contributed by atoms with Crippen molar-refractivity contribution < 1.29 is 19.1 Å². The van der Waals surface area contributed by atoms with Crippen LogP contribution in [0.5, 0.6) is 0 Å². The second-order valence-electron chi connectivity index (χ2n) is 8.70. The lowest BCUT2D eigenvalue weighted by Crippen LogP contribution is -2.59. The Morgan fingerprint density at radius 1 is 0.839 bits per heavy atom. The maximum absolute atomic E-state index is 13.1. The molecule has 1 heterocycles. The van der Waals surface area contributed by atoms with Gasteiger partial charge in [0.05, 0.1) is 30.0 Å². The lowest BCUT2D eigenvalue weighted by atomic mass is 9.46. The largest absolute Gasteiger partial charge is 0.393 e. The Labute approximate surface area is 180 Å². The Bertz CT molecular complexity index is 1150. The van der Waals surface area contributed by atoms with Crippen molar-refractivity contribution in [1.29, 1.82) is 0 Å². The van der Waals surface area contributed by atoms with Crippen molar-refractivity contribution in [3.8, 4) is 0 Å². The van der Waals surface area contributed by atoms with Crippen LogP contribution in [0.4, 0.5) is 0 Å². The van der Waals surface area contributed by atoms with Crippen LogP contribution in [0.15, 0.2) is 78.9 Å². The van der Waals surface area contributed by atoms with E-state index in [0.717, 1.165) is 27.8 Å². The van der Waals surface area contributed by atoms with Crippen LogP contribution < -0.4 is 0 Å². The molecule has 0 N–H and O–H groups in total. The number of rotatable bonds is 4. The van der Waals surface area contributed by atoms with E-state index in [0.29, 0.717) is 6.61 Å². The molecule has 0 amide bonds. The summed E-state index contributed by atoms with van der Waals surface area (Å²) in [4.78, 5) is 26.0. The zero-order valence-corrected chi connectivity index (χ0v) is 17.2. The summed E-state index contributed by atoms with van der Waals surface area (Å²) in [7, 11) is 0. The van der Waals surface area contributed by atoms with Crippen molar-refractivity contribution in [2.75, 3.05) is 0 Å². The molecule has 1 fully saturated rings. The van der Waals surface area contributed by atoms with Crippen molar-refractivity contribution >= 4 is 11.9 Å². The van der Waals surface area contributed by atoms with Gasteiger partial charge in [-0.15, -0.1) is 0 Å². The molecule has 0 spiro atoms. The molecular weight excluding hydrogens is 388 g/mol. The van der Waals surface area contributed by atoms with Crippen LogP contribution in [-0.4, -0.2) is 18.0 Å². The number of carbonyl (C=O) groups excluding carboxylic acids is 2. The molecule has 31 heavy (non-hydrogen) atoms. The zero-order valence-electron chi connectivity index (χ0n) is 17.2. The zero-order chi connectivity index (χ0) is 21.2. The van der Waals surface area contributed by atoms with E-state index in [1.165, 1.54) is 0 Å². The topological polar surface area (TPSA) is 52.6 Å². The Balaban J connectivity index is 1.57. The Morgan fingerprint density at radius 3 is 2.06 bits per heavy atom. The molecule has 4 aliphatic rings. The molecule has 2 bridgehead atoms. The Hall–Kier alpha value is -3.24. The average Bonchev–Trinajstić information content (AvgIpc) is 3.12. The number of carbonyl (C=O) groups is 2. The molecule has 1 aliphatic heterocycles. The van der Waals surface area contributed by atoms with Gasteiger partial charge in [0.2, 0.25) is 0 Å². The number of esters is 2. The SMILES string of the molecule is C[C@H](OCc1ccccc1)C12c3ccccc3C(c3ccccc31)C1C(=O)OC(=O)C12. The van der Waals surface area contributed by atoms with E-state index in [2.05, 4.69) is 24.3 Å². The van der Waals surface area contributed by atoms with E-state index in [1.54, 1.807) is 0 Å². The van der Waals surface area contributed by atoms with Gasteiger partial charge in [0.25, 0.3) is 0 Å². The molecule has 154 valence electrons. The van der Waals surface area contributed by atoms with Gasteiger partial charge in [-0.1, -0.05) is 78.9 Å². The van der Waals surface area contributed by atoms with Gasteiger partial charge in [-0.25, -0.2) is 0 Å². The monoisotopic (exact) mass is 410 g/mol. The smallest absolute Gasteiger partial charge is 0.318 e. The molecule has 3 aliphatic carbocycles. The van der Waals surface area contributed by atoms with Gasteiger partial charge < -0.3 is 9.47 Å². The predicted molar refractivity (Wildman–Crippen MR) is 114 cm³/mol. The molecule has 3 aromatic rings. The summed E-state index contributed by atoms with van der Waals surface area (Å²) in [6.07, 6.45) is -0.345. The fraction of sp³-hybridized carbons (Fsp3) is 0.259. The molecule has 7 rings (SSSR count). The summed E-state index contributed by atoms with van der Waals surface area (Å²) in [5.41, 5.74) is 4.65. The molecule has 3 atom stereocenters. The van der Waals surface area contributed by atoms with Crippen molar-refractivity contribution in [3.05, 3.63) is 107 Å². The summed E-state index contributed by atoms with van der Waals surface area (Å²) in [5.74, 6) is -2.11. The van der Waals surface area contributed by atoms with Crippen LogP contribution in [0.3, 0.4) is 0 Å². The van der Waals surface area contributed by atoms with Crippen molar-refractivity contribution in [2.45, 2.75) is 31.0 Å². The summed E-state index contributed by atoms with van der Waals surface area (Å²) in [5, 5.41) is 0. The lowest BCUT2D eigenvalue weighted by Gasteiger charge is -2.55. The van der Waals surface area contributed by atoms with Gasteiger partial charge in [0, 0.05) is 5.92 Å². The minimum Gasteiger partial charge on any atom is -0.393 e. The first-order valence-corrected chi connectivity index (χ1v) is 10.7. The molecule has 4 nitrogen and oxygen atoms in total. The van der Waals surface area contributed by atoms with Crippen molar-refractivity contribution in [2.24, 2.45) is 11.8 Å². The molecular formula is C27H22O4. The summed E-state index contributed by atoms with van der Waals surface area (Å²) < 4.78 is 11.7. The van der Waals surface area contributed by atoms with Crippen molar-refractivity contribution in [3.63, 3.8) is 0 Å². The Morgan fingerprint density at radius 2 is 1.42 bits per heavy atom. The highest BCUT2D eigenvalue weighted by Crippen LogP contribution is 2.65. The number of cyclic esters (lactones) is 2. The van der Waals surface area contributed by atoms with Gasteiger partial charge in [0.1, 0.15) is 0 Å². The fourth-order valence-electron chi connectivity index (χ4n) is 6.25. The third kappa shape index (κ3) is 2.34. The number of ether oxygens (including phenoxy) is 2. The highest BCUT2D eigenvalue weighted by Gasteiger charge is 2.69. The van der Waals surface area contributed by atoms with E-state index in [9.17, 15) is 9.59 Å². The average molecular weight is 410 g/mol. The van der Waals surface area contributed by atoms with Crippen LogP contribution in [0.25, 0.3) is 0 Å². The standard InChI is InChI=1S/C27H22O4/c1-16(30-15-17-9-3-2-4-10-17)27-20-13-7-5-11-18(20)22(19-12-6-8-14-21(19)27)23-24(27)26(29)31-25(23)28/h2-14,16,22-24H,15H2,1H3/t16-,22?,23?,24?,27?/m0/s1. The molecule has 0 aromatic heterocycles. The first kappa shape index (κ1) is 18.5. The molecule has 1 saturated heterocycles. The maximum Gasteiger partial charge on any atom is 0.318 e. The molecule has 3 aromatic carbocycles. The van der Waals surface area contributed by atoms with Gasteiger partial charge in [0.15, 0.2) is 0 Å². The fourth-order valence-corrected chi connectivity index (χ4v) is 6.25. The maximum atomic E-state index is 13.1. The minimum atomic E-state index is -0.773. The van der Waals surface area contributed by atoms with Gasteiger partial charge in [-0.3, -0.25) is 9.59 Å². The van der Waals surface area contributed by atoms with Crippen LogP contribution in [0, 0.1) is 11.8 Å². The minimum absolute atomic E-state index is 0.167. The quantitative estimate of drug-likeness (QED) is 0.474. The molecule has 0 radical (unpaired) electrons. The number of hydrogen-bond acceptors (Lipinski definition) is 4. The van der Waals surface area contributed by atoms with Crippen LogP contribution in [0.1, 0.15) is 40.7 Å². The third-order valence-electron chi connectivity index (χ3n) is 7.40. The summed E-state index contributed by atoms with van der Waals surface area (Å²) >= 11 is 0. The van der Waals surface area contributed by atoms with E-state index in [1.807, 2.05) is 61.5 Å². The number of benzene rings is 3. The second-order valence-corrected chi connectivity index (χ2v) is 8.70. The van der Waals surface area contributed by atoms with Gasteiger partial charge >= 0.3 is 11.9 Å². The lowest BCUT2D eigenvalue weighted by molar-refractivity contribution is -0.154. The Kier molecular flexibility index (Phi) is 3.96. The summed E-state index contributed by atoms with van der Waals surface area (Å²) in [6, 6.07) is 26.4. The second kappa shape index (κ2) is 6.63. The molecule has 2 unspecified atom stereocenters. The van der Waals surface area contributed by atoms with Gasteiger partial charge in [-0.05, 0) is 34.7 Å². The first-order valence-electron chi connectivity index (χ1n) is 10.7. The van der Waals surface area contributed by atoms with E-state index < -0.39 is 29.2 Å². The summed E-state index contributed by atoms with van der Waals surface area (Å²) in [6.45, 7) is 2.45. The van der Waals surface area contributed by atoms with E-state index >= 15 is 0 Å². The van der Waals surface area contributed by atoms with E-state index in [-0.39, 0.29) is 12.0 Å². The van der Waals surface area contributed by atoms with Gasteiger partial charge in [-0.2, -0.15) is 0 Å². The third-order valence-corrected chi connectivity index (χ3v) is 7.40. The molecule has 4 heteroatoms. The van der Waals surface area contributed by atoms with Crippen LogP contribution in [-0.2, 0) is 31.1 Å². The highest BCUT2D eigenvalue weighted by atomic mass is 16.6. The van der Waals surface area contributed by atoms with Crippen LogP contribution >= 0.6 is 0 Å². The highest BCUT2D eigenvalue weighted by molar-refractivity contribution is 6.00. The van der Waals surface area contributed by atoms with E-state index in [4.69, 9.17) is 9.47 Å². The first-order chi connectivity index (χ1) is 15.1. The number of hydrogen-bond donors (Lipinski definition) is 0. The predicted octanol–water partition coefficient (Wildman–Crippen LogP) is 4.35. The normalized spacial score (nSPS) is 28.5.